The lowest BCUT2D eigenvalue weighted by Gasteiger charge is -2.12. The molecule has 36 heavy (non-hydrogen) atoms. The van der Waals surface area contributed by atoms with Gasteiger partial charge in [-0.25, -0.2) is 5.43 Å². The van der Waals surface area contributed by atoms with E-state index in [4.69, 9.17) is 21.1 Å². The van der Waals surface area contributed by atoms with E-state index in [1.807, 2.05) is 24.3 Å². The molecule has 8 nitrogen and oxygen atoms in total. The highest BCUT2D eigenvalue weighted by atomic mass is 35.5. The molecule has 0 aliphatic carbocycles. The molecule has 0 aromatic heterocycles. The molecule has 0 atom stereocenters. The molecule has 0 heterocycles. The lowest BCUT2D eigenvalue weighted by Crippen LogP contribution is -2.17. The quantitative estimate of drug-likeness (QED) is 0.236. The fraction of sp³-hybridized carbons (Fsp3) is 0.0741. The number of hydrogen-bond acceptors (Lipinski definition) is 6. The first-order valence-corrected chi connectivity index (χ1v) is 11.2. The summed E-state index contributed by atoms with van der Waals surface area (Å²) in [6.07, 6.45) is 1.51. The van der Waals surface area contributed by atoms with Crippen LogP contribution in [0.3, 0.4) is 0 Å². The van der Waals surface area contributed by atoms with Gasteiger partial charge in [-0.3, -0.25) is 9.59 Å². The zero-order valence-electron chi connectivity index (χ0n) is 19.4. The number of halogens is 1. The summed E-state index contributed by atoms with van der Waals surface area (Å²) in [5.74, 6) is 0.106. The van der Waals surface area contributed by atoms with Crippen molar-refractivity contribution in [3.05, 3.63) is 94.5 Å². The van der Waals surface area contributed by atoms with Crippen LogP contribution in [-0.4, -0.2) is 37.4 Å². The van der Waals surface area contributed by atoms with Crippen molar-refractivity contribution in [1.82, 2.24) is 5.43 Å². The average Bonchev–Trinajstić information content (AvgIpc) is 2.90. The summed E-state index contributed by atoms with van der Waals surface area (Å²) < 4.78 is 10.5. The maximum Gasteiger partial charge on any atom is 0.271 e. The predicted octanol–water partition coefficient (Wildman–Crippen LogP) is 5.23. The number of nitrogens with one attached hydrogen (secondary N) is 2. The lowest BCUT2D eigenvalue weighted by atomic mass is 10.0. The zero-order valence-corrected chi connectivity index (χ0v) is 20.2. The van der Waals surface area contributed by atoms with Crippen molar-refractivity contribution in [3.8, 4) is 17.2 Å². The molecule has 3 N–H and O–H groups in total. The molecule has 4 aromatic carbocycles. The number of ether oxygens (including phenoxy) is 2. The Hall–Kier alpha value is -4.56. The summed E-state index contributed by atoms with van der Waals surface area (Å²) in [5.41, 5.74) is 4.43. The molecular formula is C27H22ClN3O5. The minimum Gasteiger partial charge on any atom is -0.506 e. The molecule has 2 amide bonds. The molecule has 4 rings (SSSR count). The molecule has 0 aliphatic rings. The predicted molar refractivity (Wildman–Crippen MR) is 140 cm³/mol. The molecule has 0 unspecified atom stereocenters. The van der Waals surface area contributed by atoms with Crippen LogP contribution in [0, 0.1) is 0 Å². The number of hydrazone groups is 1. The molecule has 0 saturated carbocycles. The van der Waals surface area contributed by atoms with E-state index in [9.17, 15) is 14.7 Å². The second-order valence-corrected chi connectivity index (χ2v) is 8.08. The Morgan fingerprint density at radius 1 is 0.861 bits per heavy atom. The topological polar surface area (TPSA) is 109 Å². The molecule has 0 aliphatic heterocycles. The van der Waals surface area contributed by atoms with Gasteiger partial charge < -0.3 is 19.9 Å². The number of fused-ring (bicyclic) bond motifs is 1. The van der Waals surface area contributed by atoms with Crippen LogP contribution in [-0.2, 0) is 0 Å². The summed E-state index contributed by atoms with van der Waals surface area (Å²) in [6.45, 7) is 0. The van der Waals surface area contributed by atoms with E-state index in [1.54, 1.807) is 30.3 Å². The van der Waals surface area contributed by atoms with Crippen molar-refractivity contribution in [3.63, 3.8) is 0 Å². The Labute approximate surface area is 212 Å². The van der Waals surface area contributed by atoms with Crippen molar-refractivity contribution in [2.45, 2.75) is 0 Å². The number of phenolic OH excluding ortho intramolecular Hbond substituents is 1. The fourth-order valence-electron chi connectivity index (χ4n) is 3.55. The SMILES string of the molecule is COc1cc(OC)cc(C(=O)Nc2ccc(C=NNC(=O)c3ccc(O)c(Cl)c3)c3ccccc23)c1. The number of carbonyl (C=O) groups is 2. The number of methoxy groups -OCH3 is 2. The van der Waals surface area contributed by atoms with Gasteiger partial charge in [0.2, 0.25) is 0 Å². The van der Waals surface area contributed by atoms with Crippen molar-refractivity contribution < 1.29 is 24.2 Å². The minimum absolute atomic E-state index is 0.0719. The smallest absolute Gasteiger partial charge is 0.271 e. The highest BCUT2D eigenvalue weighted by molar-refractivity contribution is 6.32. The monoisotopic (exact) mass is 503 g/mol. The maximum atomic E-state index is 13.0. The summed E-state index contributed by atoms with van der Waals surface area (Å²) >= 11 is 5.86. The first-order chi connectivity index (χ1) is 17.4. The normalized spacial score (nSPS) is 10.9. The molecule has 182 valence electrons. The first kappa shape index (κ1) is 24.6. The second-order valence-electron chi connectivity index (χ2n) is 7.67. The van der Waals surface area contributed by atoms with E-state index in [0.717, 1.165) is 16.3 Å². The number of hydrogen-bond donors (Lipinski definition) is 3. The number of rotatable bonds is 7. The number of phenols is 1. The van der Waals surface area contributed by atoms with Crippen LogP contribution in [0.5, 0.6) is 17.2 Å². The van der Waals surface area contributed by atoms with Gasteiger partial charge in [-0.1, -0.05) is 41.9 Å². The largest absolute Gasteiger partial charge is 0.506 e. The van der Waals surface area contributed by atoms with Gasteiger partial charge in [0, 0.05) is 33.8 Å². The van der Waals surface area contributed by atoms with Crippen molar-refractivity contribution in [2.75, 3.05) is 19.5 Å². The van der Waals surface area contributed by atoms with Crippen LogP contribution in [0.15, 0.2) is 77.9 Å². The van der Waals surface area contributed by atoms with Gasteiger partial charge in [0.05, 0.1) is 25.5 Å². The van der Waals surface area contributed by atoms with Crippen LogP contribution in [0.4, 0.5) is 5.69 Å². The van der Waals surface area contributed by atoms with Gasteiger partial charge in [0.15, 0.2) is 0 Å². The molecule has 0 radical (unpaired) electrons. The first-order valence-electron chi connectivity index (χ1n) is 10.8. The summed E-state index contributed by atoms with van der Waals surface area (Å²) in [6, 6.07) is 20.1. The Morgan fingerprint density at radius 3 is 2.22 bits per heavy atom. The van der Waals surface area contributed by atoms with Gasteiger partial charge >= 0.3 is 0 Å². The number of nitrogens with zero attached hydrogens (tertiary/aromatic N) is 1. The molecule has 0 saturated heterocycles. The fourth-order valence-corrected chi connectivity index (χ4v) is 3.73. The molecular weight excluding hydrogens is 482 g/mol. The highest BCUT2D eigenvalue weighted by Gasteiger charge is 2.13. The summed E-state index contributed by atoms with van der Waals surface area (Å²) in [7, 11) is 3.04. The van der Waals surface area contributed by atoms with Crippen LogP contribution in [0.25, 0.3) is 10.8 Å². The van der Waals surface area contributed by atoms with E-state index in [0.29, 0.717) is 22.7 Å². The third-order valence-electron chi connectivity index (χ3n) is 5.40. The Morgan fingerprint density at radius 2 is 1.56 bits per heavy atom. The average molecular weight is 504 g/mol. The third-order valence-corrected chi connectivity index (χ3v) is 5.70. The molecule has 0 spiro atoms. The number of benzene rings is 4. The Kier molecular flexibility index (Phi) is 7.36. The van der Waals surface area contributed by atoms with Gasteiger partial charge in [-0.2, -0.15) is 5.10 Å². The summed E-state index contributed by atoms with van der Waals surface area (Å²) in [5, 5.41) is 18.2. The van der Waals surface area contributed by atoms with Gasteiger partial charge in [0.25, 0.3) is 11.8 Å². The van der Waals surface area contributed by atoms with E-state index in [-0.39, 0.29) is 22.2 Å². The van der Waals surface area contributed by atoms with E-state index in [1.165, 1.54) is 38.6 Å². The van der Waals surface area contributed by atoms with E-state index in [2.05, 4.69) is 15.8 Å². The Balaban J connectivity index is 1.56. The minimum atomic E-state index is -0.477. The van der Waals surface area contributed by atoms with Crippen LogP contribution in [0.2, 0.25) is 5.02 Å². The molecule has 4 aromatic rings. The van der Waals surface area contributed by atoms with Gasteiger partial charge in [-0.15, -0.1) is 0 Å². The van der Waals surface area contributed by atoms with Gasteiger partial charge in [-0.05, 0) is 41.8 Å². The maximum absolute atomic E-state index is 13.0. The van der Waals surface area contributed by atoms with Crippen molar-refractivity contribution in [1.29, 1.82) is 0 Å². The van der Waals surface area contributed by atoms with E-state index >= 15 is 0 Å². The third kappa shape index (κ3) is 5.39. The molecule has 9 heteroatoms. The molecule has 0 fully saturated rings. The van der Waals surface area contributed by atoms with Crippen molar-refractivity contribution in [2.24, 2.45) is 5.10 Å². The second kappa shape index (κ2) is 10.8. The van der Waals surface area contributed by atoms with E-state index < -0.39 is 5.91 Å². The van der Waals surface area contributed by atoms with Crippen LogP contribution >= 0.6 is 11.6 Å². The number of carbonyl (C=O) groups excluding carboxylic acids is 2. The standard InChI is InChI=1S/C27H22ClN3O5/c1-35-19-11-18(12-20(14-19)36-2)26(33)30-24-9-7-17(21-5-3-4-6-22(21)24)15-29-31-27(34)16-8-10-25(32)23(28)13-16/h3-15,32H,1-2H3,(H,30,33)(H,31,34). The molecule has 0 bridgehead atoms. The van der Waals surface area contributed by atoms with Crippen LogP contribution < -0.4 is 20.2 Å². The number of aromatic hydroxyl groups is 1. The zero-order chi connectivity index (χ0) is 25.7. The summed E-state index contributed by atoms with van der Waals surface area (Å²) in [4.78, 5) is 25.3. The Bertz CT molecular complexity index is 1460. The van der Waals surface area contributed by atoms with Crippen LogP contribution in [0.1, 0.15) is 26.3 Å². The van der Waals surface area contributed by atoms with Gasteiger partial charge in [0.1, 0.15) is 17.2 Å². The van der Waals surface area contributed by atoms with Crippen molar-refractivity contribution >= 4 is 46.1 Å². The number of anilines is 1. The lowest BCUT2D eigenvalue weighted by molar-refractivity contribution is 0.0954. The highest BCUT2D eigenvalue weighted by Crippen LogP contribution is 2.28. The number of amides is 2.